The van der Waals surface area contributed by atoms with Gasteiger partial charge in [-0.05, 0) is 55.6 Å². The molecule has 0 bridgehead atoms. The van der Waals surface area contributed by atoms with Crippen molar-refractivity contribution in [3.8, 4) is 0 Å². The number of alkyl halides is 1. The Labute approximate surface area is 125 Å². The van der Waals surface area contributed by atoms with Crippen molar-refractivity contribution in [3.05, 3.63) is 54.1 Å². The third-order valence-corrected chi connectivity index (χ3v) is 5.70. The van der Waals surface area contributed by atoms with Crippen molar-refractivity contribution in [3.63, 3.8) is 0 Å². The summed E-state index contributed by atoms with van der Waals surface area (Å²) in [4.78, 5) is 1.08. The van der Waals surface area contributed by atoms with Crippen molar-refractivity contribution in [2.45, 2.75) is 5.38 Å². The fraction of sp³-hybridized carbons (Fsp3) is 0.0909. The van der Waals surface area contributed by atoms with E-state index in [1.165, 1.54) is 0 Å². The van der Waals surface area contributed by atoms with Crippen LogP contribution < -0.4 is 0 Å². The quantitative estimate of drug-likeness (QED) is 0.522. The molecule has 1 aromatic heterocycles. The molecule has 5 heteroatoms. The van der Waals surface area contributed by atoms with Crippen LogP contribution in [0.5, 0.6) is 0 Å². The fourth-order valence-electron chi connectivity index (χ4n) is 1.33. The lowest BCUT2D eigenvalue weighted by Crippen LogP contribution is -1.91. The van der Waals surface area contributed by atoms with Gasteiger partial charge in [-0.1, -0.05) is 23.7 Å². The van der Waals surface area contributed by atoms with E-state index in [4.69, 9.17) is 23.2 Å². The predicted octanol–water partition coefficient (Wildman–Crippen LogP) is 6.25. The minimum Gasteiger partial charge on any atom is -0.131 e. The first kappa shape index (κ1) is 12.9. The molecular weight excluding hydrogens is 395 g/mol. The minimum atomic E-state index is -0.207. The minimum absolute atomic E-state index is 0.207. The highest BCUT2D eigenvalue weighted by atomic mass is 79.9. The third-order valence-electron chi connectivity index (χ3n) is 2.10. The van der Waals surface area contributed by atoms with Gasteiger partial charge in [-0.3, -0.25) is 0 Å². The summed E-state index contributed by atoms with van der Waals surface area (Å²) in [6.07, 6.45) is 0. The Morgan fingerprint density at radius 2 is 1.88 bits per heavy atom. The molecule has 84 valence electrons. The van der Waals surface area contributed by atoms with Crippen LogP contribution in [-0.2, 0) is 0 Å². The standard InChI is InChI=1S/C11H6Br2Cl2S/c12-7-3-1-2-6(10(7)14)11(15)8-4-5-9(13)16-8/h1-5,11H. The maximum absolute atomic E-state index is 6.41. The van der Waals surface area contributed by atoms with E-state index in [2.05, 4.69) is 31.9 Å². The van der Waals surface area contributed by atoms with Crippen molar-refractivity contribution in [1.82, 2.24) is 0 Å². The molecule has 0 fully saturated rings. The second-order valence-electron chi connectivity index (χ2n) is 3.15. The number of hydrogen-bond donors (Lipinski definition) is 0. The molecule has 0 saturated heterocycles. The van der Waals surface area contributed by atoms with E-state index in [0.717, 1.165) is 18.7 Å². The molecule has 1 unspecified atom stereocenters. The second kappa shape index (κ2) is 5.40. The molecule has 0 N–H and O–H groups in total. The molecule has 16 heavy (non-hydrogen) atoms. The number of halogens is 4. The second-order valence-corrected chi connectivity index (χ2v) is 7.31. The first-order valence-corrected chi connectivity index (χ1v) is 7.64. The molecule has 0 aliphatic rings. The summed E-state index contributed by atoms with van der Waals surface area (Å²) >= 11 is 21.0. The Balaban J connectivity index is 2.41. The Hall–Kier alpha value is 0.460. The lowest BCUT2D eigenvalue weighted by molar-refractivity contribution is 1.18. The highest BCUT2D eigenvalue weighted by molar-refractivity contribution is 9.11. The van der Waals surface area contributed by atoms with Crippen molar-refractivity contribution in [2.75, 3.05) is 0 Å². The zero-order valence-corrected chi connectivity index (χ0v) is 13.4. The molecule has 0 aliphatic carbocycles. The van der Waals surface area contributed by atoms with Crippen LogP contribution in [0.3, 0.4) is 0 Å². The predicted molar refractivity (Wildman–Crippen MR) is 78.9 cm³/mol. The van der Waals surface area contributed by atoms with E-state index in [0.29, 0.717) is 5.02 Å². The van der Waals surface area contributed by atoms with E-state index < -0.39 is 0 Å². The van der Waals surface area contributed by atoms with E-state index >= 15 is 0 Å². The maximum atomic E-state index is 6.41. The summed E-state index contributed by atoms with van der Waals surface area (Å²) in [6, 6.07) is 9.77. The highest BCUT2D eigenvalue weighted by Crippen LogP contribution is 2.40. The molecule has 1 aromatic carbocycles. The normalized spacial score (nSPS) is 12.8. The van der Waals surface area contributed by atoms with Gasteiger partial charge >= 0.3 is 0 Å². The highest BCUT2D eigenvalue weighted by Gasteiger charge is 2.17. The van der Waals surface area contributed by atoms with Crippen molar-refractivity contribution in [2.24, 2.45) is 0 Å². The van der Waals surface area contributed by atoms with Crippen molar-refractivity contribution in [1.29, 1.82) is 0 Å². The topological polar surface area (TPSA) is 0 Å². The number of rotatable bonds is 2. The molecule has 0 nitrogen and oxygen atoms in total. The Morgan fingerprint density at radius 1 is 1.12 bits per heavy atom. The van der Waals surface area contributed by atoms with Crippen LogP contribution in [0.1, 0.15) is 15.8 Å². The van der Waals surface area contributed by atoms with E-state index in [1.54, 1.807) is 11.3 Å². The summed E-state index contributed by atoms with van der Waals surface area (Å²) in [6.45, 7) is 0. The van der Waals surface area contributed by atoms with Crippen molar-refractivity contribution >= 4 is 66.4 Å². The summed E-state index contributed by atoms with van der Waals surface area (Å²) in [5, 5.41) is 0.466. The fourth-order valence-corrected chi connectivity index (χ4v) is 3.82. The Morgan fingerprint density at radius 3 is 2.50 bits per heavy atom. The van der Waals surface area contributed by atoms with Gasteiger partial charge in [-0.25, -0.2) is 0 Å². The van der Waals surface area contributed by atoms with Gasteiger partial charge in [0.15, 0.2) is 0 Å². The first-order valence-electron chi connectivity index (χ1n) is 4.43. The molecule has 0 amide bonds. The van der Waals surface area contributed by atoms with Crippen LogP contribution in [0.25, 0.3) is 0 Å². The zero-order valence-electron chi connectivity index (χ0n) is 7.88. The van der Waals surface area contributed by atoms with Crippen LogP contribution in [0.4, 0.5) is 0 Å². The molecule has 0 aliphatic heterocycles. The van der Waals surface area contributed by atoms with Crippen LogP contribution in [0.2, 0.25) is 5.02 Å². The van der Waals surface area contributed by atoms with E-state index in [-0.39, 0.29) is 5.38 Å². The summed E-state index contributed by atoms with van der Waals surface area (Å²) < 4.78 is 1.94. The van der Waals surface area contributed by atoms with E-state index in [1.807, 2.05) is 30.3 Å². The molecule has 0 radical (unpaired) electrons. The molecule has 1 atom stereocenters. The largest absolute Gasteiger partial charge is 0.131 e. The van der Waals surface area contributed by atoms with Gasteiger partial charge in [0.05, 0.1) is 14.2 Å². The van der Waals surface area contributed by atoms with Gasteiger partial charge in [-0.15, -0.1) is 22.9 Å². The van der Waals surface area contributed by atoms with Gasteiger partial charge in [0.1, 0.15) is 0 Å². The number of thiophene rings is 1. The monoisotopic (exact) mass is 398 g/mol. The van der Waals surface area contributed by atoms with E-state index in [9.17, 15) is 0 Å². The lowest BCUT2D eigenvalue weighted by Gasteiger charge is -2.10. The van der Waals surface area contributed by atoms with Gasteiger partial charge in [0.25, 0.3) is 0 Å². The smallest absolute Gasteiger partial charge is 0.0942 e. The van der Waals surface area contributed by atoms with Gasteiger partial charge in [-0.2, -0.15) is 0 Å². The maximum Gasteiger partial charge on any atom is 0.0942 e. The van der Waals surface area contributed by atoms with Crippen LogP contribution in [0.15, 0.2) is 38.6 Å². The number of benzene rings is 1. The van der Waals surface area contributed by atoms with Crippen molar-refractivity contribution < 1.29 is 0 Å². The SMILES string of the molecule is Clc1c(Br)cccc1C(Cl)c1ccc(Br)s1. The molecular formula is C11H6Br2Cl2S. The third kappa shape index (κ3) is 2.65. The molecule has 0 spiro atoms. The average Bonchev–Trinajstić information content (AvgIpc) is 2.68. The summed E-state index contributed by atoms with van der Waals surface area (Å²) in [7, 11) is 0. The van der Waals surface area contributed by atoms with Crippen LogP contribution in [0, 0.1) is 0 Å². The van der Waals surface area contributed by atoms with Gasteiger partial charge in [0, 0.05) is 9.35 Å². The van der Waals surface area contributed by atoms with Gasteiger partial charge < -0.3 is 0 Å². The molecule has 1 heterocycles. The molecule has 2 aromatic rings. The number of hydrogen-bond acceptors (Lipinski definition) is 1. The zero-order chi connectivity index (χ0) is 11.7. The molecule has 0 saturated carbocycles. The van der Waals surface area contributed by atoms with Crippen LogP contribution in [-0.4, -0.2) is 0 Å². The Bertz CT molecular complexity index is 510. The Kier molecular flexibility index (Phi) is 4.36. The lowest BCUT2D eigenvalue weighted by atomic mass is 10.1. The summed E-state index contributed by atoms with van der Waals surface area (Å²) in [5.41, 5.74) is 0.923. The first-order chi connectivity index (χ1) is 7.59. The average molecular weight is 401 g/mol. The van der Waals surface area contributed by atoms with Gasteiger partial charge in [0.2, 0.25) is 0 Å². The van der Waals surface area contributed by atoms with Crippen LogP contribution >= 0.6 is 66.4 Å². The molecule has 2 rings (SSSR count). The summed E-state index contributed by atoms with van der Waals surface area (Å²) in [5.74, 6) is 0.